The first-order valence-corrected chi connectivity index (χ1v) is 7.85. The summed E-state index contributed by atoms with van der Waals surface area (Å²) in [7, 11) is 0. The maximum Gasteiger partial charge on any atom is 0.244 e. The first-order valence-electron chi connectivity index (χ1n) is 7.85. The van der Waals surface area contributed by atoms with Crippen molar-refractivity contribution in [2.45, 2.75) is 19.9 Å². The van der Waals surface area contributed by atoms with Gasteiger partial charge in [-0.2, -0.15) is 5.10 Å². The molecule has 0 saturated carbocycles. The lowest BCUT2D eigenvalue weighted by Gasteiger charge is -2.21. The largest absolute Gasteiger partial charge is 0.384 e. The molecule has 2 heterocycles. The monoisotopic (exact) mass is 327 g/mol. The van der Waals surface area contributed by atoms with Crippen molar-refractivity contribution in [2.75, 3.05) is 18.8 Å². The van der Waals surface area contributed by atoms with Crippen LogP contribution in [0.2, 0.25) is 0 Å². The Bertz CT molecular complexity index is 771. The summed E-state index contributed by atoms with van der Waals surface area (Å²) >= 11 is 0. The van der Waals surface area contributed by atoms with Gasteiger partial charge in [-0.25, -0.2) is 4.68 Å². The molecule has 2 aromatic rings. The summed E-state index contributed by atoms with van der Waals surface area (Å²) in [6.45, 7) is 2.70. The number of hydrogen-bond donors (Lipinski definition) is 2. The first-order chi connectivity index (χ1) is 11.4. The van der Waals surface area contributed by atoms with Crippen LogP contribution in [0.3, 0.4) is 0 Å². The highest BCUT2D eigenvalue weighted by atomic mass is 16.2. The van der Waals surface area contributed by atoms with Crippen LogP contribution in [0.15, 0.2) is 36.4 Å². The van der Waals surface area contributed by atoms with Crippen molar-refractivity contribution in [3.63, 3.8) is 0 Å². The van der Waals surface area contributed by atoms with Crippen molar-refractivity contribution < 1.29 is 9.59 Å². The Morgan fingerprint density at radius 3 is 2.62 bits per heavy atom. The van der Waals surface area contributed by atoms with Crippen LogP contribution < -0.4 is 11.5 Å². The Hall–Kier alpha value is -2.83. The number of rotatable bonds is 4. The minimum absolute atomic E-state index is 0.0491. The summed E-state index contributed by atoms with van der Waals surface area (Å²) in [4.78, 5) is 25.6. The third-order valence-corrected chi connectivity index (χ3v) is 4.59. The van der Waals surface area contributed by atoms with Gasteiger partial charge in [-0.3, -0.25) is 9.59 Å². The summed E-state index contributed by atoms with van der Waals surface area (Å²) in [6, 6.07) is 11.4. The molecule has 1 saturated heterocycles. The fourth-order valence-corrected chi connectivity index (χ4v) is 2.91. The molecule has 7 nitrogen and oxygen atoms in total. The normalized spacial score (nSPS) is 20.3. The molecule has 1 aliphatic rings. The van der Waals surface area contributed by atoms with Crippen molar-refractivity contribution in [3.8, 4) is 11.3 Å². The number of amides is 2. The number of likely N-dealkylation sites (tertiary alicyclic amines) is 1. The Morgan fingerprint density at radius 1 is 1.29 bits per heavy atom. The van der Waals surface area contributed by atoms with Crippen molar-refractivity contribution in [2.24, 2.45) is 11.1 Å². The van der Waals surface area contributed by atoms with Crippen molar-refractivity contribution in [1.82, 2.24) is 14.7 Å². The van der Waals surface area contributed by atoms with Gasteiger partial charge in [-0.05, 0) is 13.3 Å². The number of carbonyl (C=O) groups excluding carboxylic acids is 2. The van der Waals surface area contributed by atoms with Crippen LogP contribution in [0.5, 0.6) is 0 Å². The van der Waals surface area contributed by atoms with Crippen molar-refractivity contribution >= 4 is 17.6 Å². The van der Waals surface area contributed by atoms with Crippen molar-refractivity contribution in [3.05, 3.63) is 36.4 Å². The molecule has 2 amide bonds. The van der Waals surface area contributed by atoms with E-state index in [1.165, 1.54) is 4.68 Å². The van der Waals surface area contributed by atoms with Crippen LogP contribution in [-0.4, -0.2) is 39.6 Å². The predicted octanol–water partition coefficient (Wildman–Crippen LogP) is 0.856. The molecular formula is C17H21N5O2. The number of aromatic nitrogens is 2. The Morgan fingerprint density at radius 2 is 2.00 bits per heavy atom. The molecule has 126 valence electrons. The molecule has 1 atom stereocenters. The van der Waals surface area contributed by atoms with Crippen LogP contribution in [0, 0.1) is 5.41 Å². The number of carbonyl (C=O) groups is 2. The summed E-state index contributed by atoms with van der Waals surface area (Å²) in [5.41, 5.74) is 12.4. The molecule has 0 bridgehead atoms. The molecule has 1 aliphatic heterocycles. The van der Waals surface area contributed by atoms with Gasteiger partial charge in [0.05, 0.1) is 11.1 Å². The fraction of sp³-hybridized carbons (Fsp3) is 0.353. The van der Waals surface area contributed by atoms with Crippen LogP contribution in [0.1, 0.15) is 13.3 Å². The second-order valence-electron chi connectivity index (χ2n) is 6.47. The summed E-state index contributed by atoms with van der Waals surface area (Å²) in [5.74, 6) is -0.0591. The first kappa shape index (κ1) is 16.0. The lowest BCUT2D eigenvalue weighted by atomic mass is 9.89. The Kier molecular flexibility index (Phi) is 4.01. The Balaban J connectivity index is 1.72. The molecule has 4 N–H and O–H groups in total. The van der Waals surface area contributed by atoms with Crippen LogP contribution in [0.25, 0.3) is 11.3 Å². The predicted molar refractivity (Wildman–Crippen MR) is 90.6 cm³/mol. The van der Waals surface area contributed by atoms with E-state index in [0.29, 0.717) is 25.3 Å². The van der Waals surface area contributed by atoms with E-state index in [4.69, 9.17) is 11.5 Å². The fourth-order valence-electron chi connectivity index (χ4n) is 2.91. The molecular weight excluding hydrogens is 306 g/mol. The third-order valence-electron chi connectivity index (χ3n) is 4.59. The highest BCUT2D eigenvalue weighted by Gasteiger charge is 2.40. The van der Waals surface area contributed by atoms with E-state index in [9.17, 15) is 9.59 Å². The summed E-state index contributed by atoms with van der Waals surface area (Å²) in [6.07, 6.45) is 0.581. The van der Waals surface area contributed by atoms with Gasteiger partial charge in [0.1, 0.15) is 12.4 Å². The molecule has 0 radical (unpaired) electrons. The number of nitrogens with zero attached hydrogens (tertiary/aromatic N) is 3. The van der Waals surface area contributed by atoms with Gasteiger partial charge in [0.15, 0.2) is 0 Å². The average Bonchev–Trinajstić information content (AvgIpc) is 3.13. The molecule has 7 heteroatoms. The molecule has 0 aliphatic carbocycles. The van der Waals surface area contributed by atoms with Gasteiger partial charge in [0, 0.05) is 24.7 Å². The van der Waals surface area contributed by atoms with Gasteiger partial charge < -0.3 is 16.4 Å². The molecule has 1 fully saturated rings. The average molecular weight is 327 g/mol. The number of primary amides is 1. The molecule has 1 unspecified atom stereocenters. The van der Waals surface area contributed by atoms with Gasteiger partial charge in [-0.1, -0.05) is 30.3 Å². The number of nitrogen functional groups attached to an aromatic ring is 1. The maximum absolute atomic E-state index is 12.5. The zero-order valence-electron chi connectivity index (χ0n) is 13.6. The number of benzene rings is 1. The zero-order chi connectivity index (χ0) is 17.3. The lowest BCUT2D eigenvalue weighted by Crippen LogP contribution is -2.39. The standard InChI is InChI=1S/C17H21N5O2/c1-17(16(19)24)7-8-21(11-17)15(23)10-22-14(18)9-13(20-22)12-5-3-2-4-6-12/h2-6,9H,7-8,10-11,18H2,1H3,(H2,19,24). The molecule has 1 aromatic heterocycles. The quantitative estimate of drug-likeness (QED) is 0.868. The molecule has 3 rings (SSSR count). The van der Waals surface area contributed by atoms with E-state index >= 15 is 0 Å². The van der Waals surface area contributed by atoms with E-state index in [2.05, 4.69) is 5.10 Å². The number of hydrogen-bond acceptors (Lipinski definition) is 4. The third kappa shape index (κ3) is 2.97. The minimum Gasteiger partial charge on any atom is -0.384 e. The van der Waals surface area contributed by atoms with Crippen LogP contribution in [-0.2, 0) is 16.1 Å². The van der Waals surface area contributed by atoms with E-state index < -0.39 is 5.41 Å². The van der Waals surface area contributed by atoms with Crippen molar-refractivity contribution in [1.29, 1.82) is 0 Å². The van der Waals surface area contributed by atoms with Gasteiger partial charge >= 0.3 is 0 Å². The van der Waals surface area contributed by atoms with E-state index in [1.807, 2.05) is 30.3 Å². The lowest BCUT2D eigenvalue weighted by molar-refractivity contribution is -0.132. The minimum atomic E-state index is -0.652. The number of nitrogens with two attached hydrogens (primary N) is 2. The van der Waals surface area contributed by atoms with E-state index in [0.717, 1.165) is 11.3 Å². The summed E-state index contributed by atoms with van der Waals surface area (Å²) in [5, 5.41) is 4.42. The summed E-state index contributed by atoms with van der Waals surface area (Å²) < 4.78 is 1.49. The van der Waals surface area contributed by atoms with E-state index in [1.54, 1.807) is 17.9 Å². The second-order valence-corrected chi connectivity index (χ2v) is 6.47. The molecule has 1 aromatic carbocycles. The van der Waals surface area contributed by atoms with Gasteiger partial charge in [-0.15, -0.1) is 0 Å². The topological polar surface area (TPSA) is 107 Å². The van der Waals surface area contributed by atoms with Gasteiger partial charge in [0.25, 0.3) is 0 Å². The Labute approximate surface area is 140 Å². The van der Waals surface area contributed by atoms with Gasteiger partial charge in [0.2, 0.25) is 11.8 Å². The smallest absolute Gasteiger partial charge is 0.244 e. The maximum atomic E-state index is 12.5. The van der Waals surface area contributed by atoms with Crippen LogP contribution in [0.4, 0.5) is 5.82 Å². The molecule has 0 spiro atoms. The SMILES string of the molecule is CC1(C(N)=O)CCN(C(=O)Cn2nc(-c3ccccc3)cc2N)C1. The zero-order valence-corrected chi connectivity index (χ0v) is 13.6. The highest BCUT2D eigenvalue weighted by Crippen LogP contribution is 2.29. The van der Waals surface area contributed by atoms with E-state index in [-0.39, 0.29) is 18.4 Å². The molecule has 24 heavy (non-hydrogen) atoms. The second kappa shape index (κ2) is 5.99. The number of anilines is 1. The van der Waals surface area contributed by atoms with Crippen LogP contribution >= 0.6 is 0 Å². The highest BCUT2D eigenvalue weighted by molar-refractivity contribution is 5.83.